The number of hydrogen-bond donors (Lipinski definition) is 0. The van der Waals surface area contributed by atoms with Crippen molar-refractivity contribution in [1.29, 1.82) is 0 Å². The first kappa shape index (κ1) is 16.3. The Morgan fingerprint density at radius 2 is 1.41 bits per heavy atom. The summed E-state index contributed by atoms with van der Waals surface area (Å²) in [6.07, 6.45) is 0. The van der Waals surface area contributed by atoms with E-state index in [0.717, 1.165) is 0 Å². The third-order valence-corrected chi connectivity index (χ3v) is 6.42. The number of thiophene rings is 1. The van der Waals surface area contributed by atoms with E-state index in [-0.39, 0.29) is 5.41 Å². The van der Waals surface area contributed by atoms with Gasteiger partial charge in [0.15, 0.2) is 0 Å². The number of fused-ring (bicyclic) bond motifs is 3. The molecule has 0 bridgehead atoms. The van der Waals surface area contributed by atoms with Crippen LogP contribution < -0.4 is 4.90 Å². The van der Waals surface area contributed by atoms with Gasteiger partial charge in [0.1, 0.15) is 0 Å². The fraction of sp³-hybridized carbons (Fsp3) is 0.120. The van der Waals surface area contributed by atoms with Crippen molar-refractivity contribution in [2.45, 2.75) is 19.3 Å². The molecule has 1 nitrogen and oxygen atoms in total. The molecule has 0 unspecified atom stereocenters. The van der Waals surface area contributed by atoms with Crippen molar-refractivity contribution in [2.75, 3.05) is 4.90 Å². The maximum absolute atomic E-state index is 2.38. The molecule has 0 saturated heterocycles. The van der Waals surface area contributed by atoms with Gasteiger partial charge in [0, 0.05) is 16.8 Å². The molecule has 1 aromatic heterocycles. The number of nitrogens with zero attached hydrogens (tertiary/aromatic N) is 1. The van der Waals surface area contributed by atoms with Crippen molar-refractivity contribution in [2.24, 2.45) is 0 Å². The van der Waals surface area contributed by atoms with Gasteiger partial charge >= 0.3 is 0 Å². The van der Waals surface area contributed by atoms with Gasteiger partial charge < -0.3 is 4.90 Å². The number of para-hydroxylation sites is 1. The standard InChI is InChI=1S/C25H21NS/c1-25(2)22-12-7-6-11-20(22)21-15-14-19(17-23(21)25)26(24-13-8-16-27-24)18-9-4-3-5-10-18/h3-17H,1-2H3. The van der Waals surface area contributed by atoms with Crippen molar-refractivity contribution in [3.8, 4) is 11.1 Å². The summed E-state index contributed by atoms with van der Waals surface area (Å²) < 4.78 is 0. The van der Waals surface area contributed by atoms with Gasteiger partial charge in [-0.25, -0.2) is 0 Å². The lowest BCUT2D eigenvalue weighted by molar-refractivity contribution is 0.660. The van der Waals surface area contributed by atoms with Crippen molar-refractivity contribution in [3.63, 3.8) is 0 Å². The van der Waals surface area contributed by atoms with E-state index in [9.17, 15) is 0 Å². The topological polar surface area (TPSA) is 3.24 Å². The minimum atomic E-state index is 0.0136. The second-order valence-corrected chi connectivity index (χ2v) is 8.45. The molecule has 0 fully saturated rings. The van der Waals surface area contributed by atoms with Gasteiger partial charge in [0.25, 0.3) is 0 Å². The van der Waals surface area contributed by atoms with E-state index in [0.29, 0.717) is 0 Å². The van der Waals surface area contributed by atoms with Crippen LogP contribution >= 0.6 is 11.3 Å². The first-order valence-electron chi connectivity index (χ1n) is 9.29. The molecule has 0 atom stereocenters. The lowest BCUT2D eigenvalue weighted by atomic mass is 9.82. The molecule has 0 spiro atoms. The van der Waals surface area contributed by atoms with Crippen LogP contribution in [0.2, 0.25) is 0 Å². The van der Waals surface area contributed by atoms with Crippen LogP contribution in [0.5, 0.6) is 0 Å². The summed E-state index contributed by atoms with van der Waals surface area (Å²) in [5.74, 6) is 0. The molecular weight excluding hydrogens is 346 g/mol. The van der Waals surface area contributed by atoms with Crippen LogP contribution in [0.25, 0.3) is 11.1 Å². The summed E-state index contributed by atoms with van der Waals surface area (Å²) in [4.78, 5) is 2.35. The third-order valence-electron chi connectivity index (χ3n) is 5.57. The Morgan fingerprint density at radius 1 is 0.667 bits per heavy atom. The summed E-state index contributed by atoms with van der Waals surface area (Å²) in [6.45, 7) is 4.67. The third kappa shape index (κ3) is 2.52. The lowest BCUT2D eigenvalue weighted by Gasteiger charge is -2.26. The highest BCUT2D eigenvalue weighted by molar-refractivity contribution is 7.14. The number of benzene rings is 3. The van der Waals surface area contributed by atoms with Crippen molar-refractivity contribution < 1.29 is 0 Å². The Balaban J connectivity index is 1.70. The maximum Gasteiger partial charge on any atom is 0.0999 e. The fourth-order valence-corrected chi connectivity index (χ4v) is 4.98. The number of rotatable bonds is 3. The SMILES string of the molecule is CC1(C)c2ccccc2-c2ccc(N(c3ccccc3)c3cccs3)cc21. The summed E-state index contributed by atoms with van der Waals surface area (Å²) in [6, 6.07) is 30.6. The molecular formula is C25H21NS. The first-order chi connectivity index (χ1) is 13.2. The van der Waals surface area contributed by atoms with E-state index in [1.165, 1.54) is 38.6 Å². The van der Waals surface area contributed by atoms with Crippen LogP contribution in [0.15, 0.2) is 90.3 Å². The highest BCUT2D eigenvalue weighted by Gasteiger charge is 2.35. The molecule has 1 aliphatic carbocycles. The smallest absolute Gasteiger partial charge is 0.0999 e. The molecule has 4 aromatic rings. The Labute approximate surface area is 164 Å². The zero-order valence-corrected chi connectivity index (χ0v) is 16.3. The number of hydrogen-bond acceptors (Lipinski definition) is 2. The van der Waals surface area contributed by atoms with Crippen molar-refractivity contribution in [1.82, 2.24) is 0 Å². The second kappa shape index (κ2) is 6.11. The van der Waals surface area contributed by atoms with Crippen LogP contribution in [-0.2, 0) is 5.41 Å². The zero-order valence-electron chi connectivity index (χ0n) is 15.5. The highest BCUT2D eigenvalue weighted by atomic mass is 32.1. The average molecular weight is 368 g/mol. The van der Waals surface area contributed by atoms with Gasteiger partial charge in [-0.3, -0.25) is 0 Å². The lowest BCUT2D eigenvalue weighted by Crippen LogP contribution is -2.16. The van der Waals surface area contributed by atoms with Gasteiger partial charge in [-0.05, 0) is 64.0 Å². The Morgan fingerprint density at radius 3 is 2.19 bits per heavy atom. The molecule has 0 N–H and O–H groups in total. The van der Waals surface area contributed by atoms with Crippen LogP contribution in [0.4, 0.5) is 16.4 Å². The predicted octanol–water partition coefficient (Wildman–Crippen LogP) is 7.52. The summed E-state index contributed by atoms with van der Waals surface area (Å²) in [5, 5.41) is 3.37. The molecule has 1 heterocycles. The average Bonchev–Trinajstić information content (AvgIpc) is 3.30. The largest absolute Gasteiger partial charge is 0.302 e. The zero-order chi connectivity index (χ0) is 18.4. The van der Waals surface area contributed by atoms with Crippen LogP contribution in [0, 0.1) is 0 Å². The molecule has 132 valence electrons. The normalized spacial score (nSPS) is 13.9. The molecule has 0 amide bonds. The Bertz CT molecular complexity index is 1090. The van der Waals surface area contributed by atoms with Crippen molar-refractivity contribution in [3.05, 3.63) is 101 Å². The van der Waals surface area contributed by atoms with Crippen LogP contribution in [-0.4, -0.2) is 0 Å². The monoisotopic (exact) mass is 367 g/mol. The molecule has 27 heavy (non-hydrogen) atoms. The van der Waals surface area contributed by atoms with Gasteiger partial charge in [-0.2, -0.15) is 0 Å². The summed E-state index contributed by atoms with van der Waals surface area (Å²) in [7, 11) is 0. The van der Waals surface area contributed by atoms with E-state index >= 15 is 0 Å². The number of anilines is 3. The van der Waals surface area contributed by atoms with Gasteiger partial charge in [-0.1, -0.05) is 62.4 Å². The van der Waals surface area contributed by atoms with Gasteiger partial charge in [0.05, 0.1) is 5.00 Å². The van der Waals surface area contributed by atoms with E-state index in [1.54, 1.807) is 11.3 Å². The van der Waals surface area contributed by atoms with Crippen LogP contribution in [0.1, 0.15) is 25.0 Å². The molecule has 0 saturated carbocycles. The quantitative estimate of drug-likeness (QED) is 0.362. The highest BCUT2D eigenvalue weighted by Crippen LogP contribution is 2.50. The molecule has 3 aromatic carbocycles. The van der Waals surface area contributed by atoms with Crippen molar-refractivity contribution >= 4 is 27.7 Å². The summed E-state index contributed by atoms with van der Waals surface area (Å²) >= 11 is 1.77. The van der Waals surface area contributed by atoms with Gasteiger partial charge in [-0.15, -0.1) is 11.3 Å². The minimum Gasteiger partial charge on any atom is -0.302 e. The van der Waals surface area contributed by atoms with E-state index < -0.39 is 0 Å². The maximum atomic E-state index is 2.38. The second-order valence-electron chi connectivity index (χ2n) is 7.52. The van der Waals surface area contributed by atoms with Gasteiger partial charge in [0.2, 0.25) is 0 Å². The first-order valence-corrected chi connectivity index (χ1v) is 10.2. The summed E-state index contributed by atoms with van der Waals surface area (Å²) in [5.41, 5.74) is 7.96. The van der Waals surface area contributed by atoms with E-state index in [1.807, 2.05) is 0 Å². The minimum absolute atomic E-state index is 0.0136. The Hall–Kier alpha value is -2.84. The fourth-order valence-electron chi connectivity index (χ4n) is 4.21. The molecule has 0 aliphatic heterocycles. The molecule has 2 heteroatoms. The predicted molar refractivity (Wildman–Crippen MR) is 117 cm³/mol. The van der Waals surface area contributed by atoms with E-state index in [2.05, 4.69) is 109 Å². The Kier molecular flexibility index (Phi) is 3.70. The molecule has 0 radical (unpaired) electrons. The van der Waals surface area contributed by atoms with E-state index in [4.69, 9.17) is 0 Å². The molecule has 1 aliphatic rings. The van der Waals surface area contributed by atoms with Crippen LogP contribution in [0.3, 0.4) is 0 Å². The molecule has 5 rings (SSSR count).